The summed E-state index contributed by atoms with van der Waals surface area (Å²) in [5.41, 5.74) is -2.20. The molecule has 7 heteroatoms. The van der Waals surface area contributed by atoms with Gasteiger partial charge in [-0.25, -0.2) is 4.79 Å². The largest absolute Gasteiger partial charge is 0.483 e. The van der Waals surface area contributed by atoms with Crippen LogP contribution < -0.4 is 20.9 Å². The van der Waals surface area contributed by atoms with Gasteiger partial charge in [0.1, 0.15) is 16.1 Å². The number of rotatable bonds is 5. The molecule has 0 aliphatic rings. The Balaban J connectivity index is 2.47. The maximum atomic E-state index is 11.6. The summed E-state index contributed by atoms with van der Waals surface area (Å²) in [6, 6.07) is 0. The van der Waals surface area contributed by atoms with Crippen molar-refractivity contribution in [1.82, 2.24) is 5.32 Å². The molecule has 1 amide bonds. The SMILES string of the molecule is CC(C)(C)OC(=O)NCCSc1c(OC(C)(C)C)c(=O)c1=O. The molecule has 0 spiro atoms. The van der Waals surface area contributed by atoms with Gasteiger partial charge in [-0.05, 0) is 41.5 Å². The summed E-state index contributed by atoms with van der Waals surface area (Å²) in [4.78, 5) is 34.8. The van der Waals surface area contributed by atoms with Crippen LogP contribution in [0.2, 0.25) is 0 Å². The molecule has 0 fully saturated rings. The van der Waals surface area contributed by atoms with E-state index in [-0.39, 0.29) is 5.75 Å². The second-order valence-corrected chi connectivity index (χ2v) is 7.91. The highest BCUT2D eigenvalue weighted by atomic mass is 32.2. The van der Waals surface area contributed by atoms with Crippen LogP contribution in [-0.4, -0.2) is 29.6 Å². The molecule has 0 atom stereocenters. The second-order valence-electron chi connectivity index (χ2n) is 6.81. The molecule has 0 bridgehead atoms. The van der Waals surface area contributed by atoms with Crippen LogP contribution in [0.1, 0.15) is 41.5 Å². The van der Waals surface area contributed by atoms with E-state index in [1.165, 1.54) is 11.8 Å². The van der Waals surface area contributed by atoms with Gasteiger partial charge in [-0.15, -0.1) is 11.8 Å². The summed E-state index contributed by atoms with van der Waals surface area (Å²) >= 11 is 1.20. The Morgan fingerprint density at radius 3 is 2.14 bits per heavy atom. The van der Waals surface area contributed by atoms with E-state index < -0.39 is 28.2 Å². The zero-order valence-electron chi connectivity index (χ0n) is 13.9. The van der Waals surface area contributed by atoms with Gasteiger partial charge >= 0.3 is 6.09 Å². The molecular weight excluding hydrogens is 306 g/mol. The monoisotopic (exact) mass is 329 g/mol. The lowest BCUT2D eigenvalue weighted by Gasteiger charge is -2.23. The topological polar surface area (TPSA) is 81.7 Å². The van der Waals surface area contributed by atoms with Crippen LogP contribution in [0.15, 0.2) is 14.5 Å². The smallest absolute Gasteiger partial charge is 0.407 e. The van der Waals surface area contributed by atoms with E-state index in [1.807, 2.05) is 20.8 Å². The van der Waals surface area contributed by atoms with E-state index >= 15 is 0 Å². The Labute approximate surface area is 134 Å². The lowest BCUT2D eigenvalue weighted by molar-refractivity contribution is 0.0531. The first-order chi connectivity index (χ1) is 9.91. The maximum absolute atomic E-state index is 11.6. The number of hydrogen-bond acceptors (Lipinski definition) is 6. The highest BCUT2D eigenvalue weighted by Gasteiger charge is 2.26. The number of alkyl carbamates (subject to hydrolysis) is 1. The van der Waals surface area contributed by atoms with Crippen molar-refractivity contribution >= 4 is 17.9 Å². The fourth-order valence-electron chi connectivity index (χ4n) is 1.50. The molecule has 6 nitrogen and oxygen atoms in total. The van der Waals surface area contributed by atoms with Crippen molar-refractivity contribution in [1.29, 1.82) is 0 Å². The average Bonchev–Trinajstić information content (AvgIpc) is 2.32. The fourth-order valence-corrected chi connectivity index (χ4v) is 2.40. The van der Waals surface area contributed by atoms with Crippen molar-refractivity contribution in [2.75, 3.05) is 12.3 Å². The zero-order valence-corrected chi connectivity index (χ0v) is 14.7. The van der Waals surface area contributed by atoms with Crippen LogP contribution in [0.3, 0.4) is 0 Å². The van der Waals surface area contributed by atoms with Crippen LogP contribution in [0.4, 0.5) is 4.79 Å². The first kappa shape index (κ1) is 18.5. The van der Waals surface area contributed by atoms with Gasteiger partial charge < -0.3 is 14.8 Å². The van der Waals surface area contributed by atoms with E-state index in [1.54, 1.807) is 20.8 Å². The van der Waals surface area contributed by atoms with Gasteiger partial charge in [0, 0.05) is 12.3 Å². The second kappa shape index (κ2) is 6.73. The molecule has 0 unspecified atom stereocenters. The Hall–Kier alpha value is -1.50. The summed E-state index contributed by atoms with van der Waals surface area (Å²) in [5, 5.41) is 2.59. The first-order valence-corrected chi connectivity index (χ1v) is 8.01. The first-order valence-electron chi connectivity index (χ1n) is 7.03. The fraction of sp³-hybridized carbons (Fsp3) is 0.667. The Morgan fingerprint density at radius 2 is 1.64 bits per heavy atom. The third-order valence-corrected chi connectivity index (χ3v) is 3.32. The van der Waals surface area contributed by atoms with Gasteiger partial charge in [0.2, 0.25) is 5.43 Å². The molecule has 1 aromatic carbocycles. The van der Waals surface area contributed by atoms with Gasteiger partial charge in [0.05, 0.1) is 0 Å². The molecular formula is C15H23NO5S. The standard InChI is InChI=1S/C15H23NO5S/c1-14(2,3)20-11-9(17)10(18)12(11)22-8-7-16-13(19)21-15(4,5)6/h7-8H2,1-6H3,(H,16,19). The molecule has 0 saturated carbocycles. The maximum Gasteiger partial charge on any atom is 0.407 e. The highest BCUT2D eigenvalue weighted by molar-refractivity contribution is 7.99. The summed E-state index contributed by atoms with van der Waals surface area (Å²) in [6.07, 6.45) is -0.510. The highest BCUT2D eigenvalue weighted by Crippen LogP contribution is 2.27. The third-order valence-electron chi connectivity index (χ3n) is 2.25. The Morgan fingerprint density at radius 1 is 1.05 bits per heavy atom. The molecule has 1 N–H and O–H groups in total. The lowest BCUT2D eigenvalue weighted by atomic mass is 10.2. The van der Waals surface area contributed by atoms with E-state index in [2.05, 4.69) is 5.32 Å². The van der Waals surface area contributed by atoms with Gasteiger partial charge in [-0.1, -0.05) is 0 Å². The van der Waals surface area contributed by atoms with Crippen LogP contribution in [-0.2, 0) is 4.74 Å². The lowest BCUT2D eigenvalue weighted by Crippen LogP contribution is -2.39. The summed E-state index contributed by atoms with van der Waals surface area (Å²) in [6.45, 7) is 11.1. The van der Waals surface area contributed by atoms with E-state index in [0.29, 0.717) is 17.2 Å². The molecule has 0 aliphatic heterocycles. The minimum atomic E-state index is -0.586. The van der Waals surface area contributed by atoms with E-state index in [9.17, 15) is 14.4 Å². The predicted molar refractivity (Wildman–Crippen MR) is 86.7 cm³/mol. The van der Waals surface area contributed by atoms with Crippen LogP contribution in [0.5, 0.6) is 5.75 Å². The molecule has 1 aromatic rings. The number of carbonyl (C=O) groups excluding carboxylic acids is 1. The summed E-state index contributed by atoms with van der Waals surface area (Å²) in [5.74, 6) is 0.574. The van der Waals surface area contributed by atoms with Gasteiger partial charge in [0.15, 0.2) is 5.75 Å². The van der Waals surface area contributed by atoms with Gasteiger partial charge in [-0.2, -0.15) is 0 Å². The van der Waals surface area contributed by atoms with Crippen molar-refractivity contribution in [2.24, 2.45) is 0 Å². The molecule has 124 valence electrons. The number of hydrogen-bond donors (Lipinski definition) is 1. The molecule has 0 radical (unpaired) electrons. The van der Waals surface area contributed by atoms with Crippen molar-refractivity contribution in [3.8, 4) is 5.75 Å². The Kier molecular flexibility index (Phi) is 5.67. The normalized spacial score (nSPS) is 12.3. The summed E-state index contributed by atoms with van der Waals surface area (Å²) in [7, 11) is 0. The number of nitrogens with one attached hydrogen (secondary N) is 1. The quantitative estimate of drug-likeness (QED) is 0.506. The summed E-state index contributed by atoms with van der Waals surface area (Å²) < 4.78 is 10.6. The number of thioether (sulfide) groups is 1. The molecule has 0 heterocycles. The molecule has 0 aliphatic carbocycles. The van der Waals surface area contributed by atoms with Gasteiger partial charge in [0.25, 0.3) is 5.43 Å². The van der Waals surface area contributed by atoms with Crippen molar-refractivity contribution in [3.05, 3.63) is 20.4 Å². The van der Waals surface area contributed by atoms with E-state index in [4.69, 9.17) is 9.47 Å². The third kappa shape index (κ3) is 5.71. The number of ether oxygens (including phenoxy) is 2. The molecule has 0 saturated heterocycles. The van der Waals surface area contributed by atoms with Crippen LogP contribution in [0, 0.1) is 0 Å². The Bertz CT molecular complexity index is 603. The van der Waals surface area contributed by atoms with Crippen molar-refractivity contribution in [2.45, 2.75) is 57.6 Å². The van der Waals surface area contributed by atoms with Crippen LogP contribution >= 0.6 is 11.8 Å². The van der Waals surface area contributed by atoms with Gasteiger partial charge in [-0.3, -0.25) is 9.59 Å². The number of carbonyl (C=O) groups is 1. The average molecular weight is 329 g/mol. The minimum Gasteiger partial charge on any atom is -0.483 e. The van der Waals surface area contributed by atoms with Crippen molar-refractivity contribution in [3.63, 3.8) is 0 Å². The molecule has 0 aromatic heterocycles. The van der Waals surface area contributed by atoms with Crippen molar-refractivity contribution < 1.29 is 14.3 Å². The van der Waals surface area contributed by atoms with Crippen LogP contribution in [0.25, 0.3) is 0 Å². The molecule has 1 rings (SSSR count). The predicted octanol–water partition coefficient (Wildman–Crippen LogP) is 2.08. The van der Waals surface area contributed by atoms with E-state index in [0.717, 1.165) is 0 Å². The number of amides is 1. The zero-order chi connectivity index (χ0) is 17.1. The molecule has 22 heavy (non-hydrogen) atoms. The minimum absolute atomic E-state index is 0.125.